The maximum atomic E-state index is 12.0. The summed E-state index contributed by atoms with van der Waals surface area (Å²) in [6.45, 7) is 6.03. The highest BCUT2D eigenvalue weighted by Crippen LogP contribution is 2.22. The second-order valence-electron chi connectivity index (χ2n) is 5.07. The first-order valence-electron chi connectivity index (χ1n) is 6.64. The Bertz CT molecular complexity index is 438. The van der Waals surface area contributed by atoms with Crippen LogP contribution in [0.3, 0.4) is 0 Å². The molecule has 3 heteroatoms. The third-order valence-electron chi connectivity index (χ3n) is 3.19. The van der Waals surface area contributed by atoms with Gasteiger partial charge in [-0.15, -0.1) is 0 Å². The van der Waals surface area contributed by atoms with Crippen molar-refractivity contribution < 1.29 is 9.53 Å². The number of carbonyl (C=O) groups is 1. The van der Waals surface area contributed by atoms with E-state index in [4.69, 9.17) is 4.74 Å². The maximum Gasteiger partial charge on any atom is 0.261 e. The molecule has 1 saturated carbocycles. The Morgan fingerprint density at radius 1 is 1.44 bits per heavy atom. The van der Waals surface area contributed by atoms with Gasteiger partial charge in [0.25, 0.3) is 5.91 Å². The van der Waals surface area contributed by atoms with Gasteiger partial charge in [0.2, 0.25) is 0 Å². The predicted octanol–water partition coefficient (Wildman–Crippen LogP) is 2.74. The zero-order valence-corrected chi connectivity index (χ0v) is 11.3. The Kier molecular flexibility index (Phi) is 3.90. The zero-order valence-electron chi connectivity index (χ0n) is 11.3. The highest BCUT2D eigenvalue weighted by molar-refractivity contribution is 5.81. The topological polar surface area (TPSA) is 38.3 Å². The Labute approximate surface area is 109 Å². The van der Waals surface area contributed by atoms with Crippen molar-refractivity contribution in [2.45, 2.75) is 52.2 Å². The third-order valence-corrected chi connectivity index (χ3v) is 3.19. The molecule has 1 amide bonds. The van der Waals surface area contributed by atoms with Crippen molar-refractivity contribution in [1.29, 1.82) is 0 Å². The van der Waals surface area contributed by atoms with E-state index in [-0.39, 0.29) is 12.0 Å². The number of rotatable bonds is 5. The number of ether oxygens (including phenoxy) is 1. The number of hydrogen-bond donors (Lipinski definition) is 1. The number of carbonyl (C=O) groups excluding carboxylic acids is 1. The molecule has 1 aromatic carbocycles. The van der Waals surface area contributed by atoms with Crippen molar-refractivity contribution in [3.63, 3.8) is 0 Å². The summed E-state index contributed by atoms with van der Waals surface area (Å²) in [5.41, 5.74) is 2.28. The van der Waals surface area contributed by atoms with Crippen LogP contribution in [0.15, 0.2) is 18.2 Å². The van der Waals surface area contributed by atoms with Gasteiger partial charge in [0.15, 0.2) is 6.10 Å². The van der Waals surface area contributed by atoms with Crippen molar-refractivity contribution in [2.75, 3.05) is 0 Å². The van der Waals surface area contributed by atoms with Crippen LogP contribution in [-0.2, 0) is 4.79 Å². The molecular formula is C15H21NO2. The summed E-state index contributed by atoms with van der Waals surface area (Å²) in [4.78, 5) is 12.0. The largest absolute Gasteiger partial charge is 0.480 e. The minimum atomic E-state index is -0.382. The first-order valence-corrected chi connectivity index (χ1v) is 6.64. The molecule has 0 spiro atoms. The van der Waals surface area contributed by atoms with E-state index in [0.717, 1.165) is 24.2 Å². The van der Waals surface area contributed by atoms with Crippen molar-refractivity contribution >= 4 is 5.91 Å². The third kappa shape index (κ3) is 3.25. The van der Waals surface area contributed by atoms with Crippen LogP contribution in [0, 0.1) is 13.8 Å². The summed E-state index contributed by atoms with van der Waals surface area (Å²) in [7, 11) is 0. The van der Waals surface area contributed by atoms with E-state index in [1.807, 2.05) is 32.9 Å². The molecule has 0 saturated heterocycles. The summed E-state index contributed by atoms with van der Waals surface area (Å²) >= 11 is 0. The monoisotopic (exact) mass is 247 g/mol. The molecule has 0 heterocycles. The van der Waals surface area contributed by atoms with Crippen molar-refractivity contribution in [3.05, 3.63) is 29.3 Å². The van der Waals surface area contributed by atoms with Gasteiger partial charge in [-0.3, -0.25) is 4.79 Å². The molecule has 1 unspecified atom stereocenters. The van der Waals surface area contributed by atoms with Crippen molar-refractivity contribution in [1.82, 2.24) is 5.32 Å². The van der Waals surface area contributed by atoms with Crippen LogP contribution in [0.25, 0.3) is 0 Å². The number of nitrogens with one attached hydrogen (secondary N) is 1. The lowest BCUT2D eigenvalue weighted by Crippen LogP contribution is -2.39. The quantitative estimate of drug-likeness (QED) is 0.868. The SMILES string of the molecule is CCC(Oc1ccc(C)cc1C)C(=O)NC1CC1. The van der Waals surface area contributed by atoms with E-state index in [1.54, 1.807) is 0 Å². The standard InChI is InChI=1S/C15H21NO2/c1-4-13(15(17)16-12-6-7-12)18-14-8-5-10(2)9-11(14)3/h5,8-9,12-13H,4,6-7H2,1-3H3,(H,16,17). The van der Waals surface area contributed by atoms with E-state index in [1.165, 1.54) is 5.56 Å². The van der Waals surface area contributed by atoms with E-state index in [9.17, 15) is 4.79 Å². The average Bonchev–Trinajstić information content (AvgIpc) is 3.12. The molecule has 1 aliphatic carbocycles. The highest BCUT2D eigenvalue weighted by Gasteiger charge is 2.27. The van der Waals surface area contributed by atoms with Gasteiger partial charge in [0.1, 0.15) is 5.75 Å². The van der Waals surface area contributed by atoms with Gasteiger partial charge in [-0.1, -0.05) is 24.6 Å². The van der Waals surface area contributed by atoms with Gasteiger partial charge in [-0.25, -0.2) is 0 Å². The fourth-order valence-corrected chi connectivity index (χ4v) is 1.93. The van der Waals surface area contributed by atoms with Crippen LogP contribution >= 0.6 is 0 Å². The van der Waals surface area contributed by atoms with Crippen LogP contribution in [0.4, 0.5) is 0 Å². The molecule has 1 atom stereocenters. The highest BCUT2D eigenvalue weighted by atomic mass is 16.5. The number of hydrogen-bond acceptors (Lipinski definition) is 2. The number of aryl methyl sites for hydroxylation is 2. The number of amides is 1. The van der Waals surface area contributed by atoms with E-state index in [2.05, 4.69) is 11.4 Å². The summed E-state index contributed by atoms with van der Waals surface area (Å²) in [6, 6.07) is 6.40. The summed E-state index contributed by atoms with van der Waals surface area (Å²) < 4.78 is 5.83. The molecule has 1 fully saturated rings. The van der Waals surface area contributed by atoms with Gasteiger partial charge < -0.3 is 10.1 Å². The normalized spacial score (nSPS) is 16.2. The van der Waals surface area contributed by atoms with Crippen molar-refractivity contribution in [3.8, 4) is 5.75 Å². The van der Waals surface area contributed by atoms with Crippen LogP contribution in [0.1, 0.15) is 37.3 Å². The molecule has 3 nitrogen and oxygen atoms in total. The van der Waals surface area contributed by atoms with E-state index in [0.29, 0.717) is 12.5 Å². The second kappa shape index (κ2) is 5.42. The Hall–Kier alpha value is -1.51. The lowest BCUT2D eigenvalue weighted by molar-refractivity contribution is -0.128. The van der Waals surface area contributed by atoms with Gasteiger partial charge in [-0.05, 0) is 44.7 Å². The van der Waals surface area contributed by atoms with E-state index < -0.39 is 0 Å². The minimum Gasteiger partial charge on any atom is -0.480 e. The lowest BCUT2D eigenvalue weighted by Gasteiger charge is -2.18. The van der Waals surface area contributed by atoms with Crippen LogP contribution in [-0.4, -0.2) is 18.1 Å². The molecule has 2 rings (SSSR count). The molecule has 18 heavy (non-hydrogen) atoms. The summed E-state index contributed by atoms with van der Waals surface area (Å²) in [5.74, 6) is 0.818. The smallest absolute Gasteiger partial charge is 0.261 e. The van der Waals surface area contributed by atoms with Crippen LogP contribution < -0.4 is 10.1 Å². The first-order chi connectivity index (χ1) is 8.60. The minimum absolute atomic E-state index is 0.0139. The maximum absolute atomic E-state index is 12.0. The van der Waals surface area contributed by atoms with Gasteiger partial charge in [-0.2, -0.15) is 0 Å². The zero-order chi connectivity index (χ0) is 13.1. The molecule has 1 aliphatic rings. The molecule has 1 aromatic rings. The van der Waals surface area contributed by atoms with Gasteiger partial charge >= 0.3 is 0 Å². The molecule has 0 radical (unpaired) electrons. The molecule has 0 bridgehead atoms. The van der Waals surface area contributed by atoms with Gasteiger partial charge in [0, 0.05) is 6.04 Å². The first kappa shape index (κ1) is 12.9. The summed E-state index contributed by atoms with van der Waals surface area (Å²) in [6.07, 6.45) is 2.51. The Morgan fingerprint density at radius 3 is 2.72 bits per heavy atom. The van der Waals surface area contributed by atoms with Gasteiger partial charge in [0.05, 0.1) is 0 Å². The Balaban J connectivity index is 2.01. The van der Waals surface area contributed by atoms with Crippen LogP contribution in [0.5, 0.6) is 5.75 Å². The van der Waals surface area contributed by atoms with E-state index >= 15 is 0 Å². The fraction of sp³-hybridized carbons (Fsp3) is 0.533. The second-order valence-corrected chi connectivity index (χ2v) is 5.07. The molecular weight excluding hydrogens is 226 g/mol. The lowest BCUT2D eigenvalue weighted by atomic mass is 10.1. The Morgan fingerprint density at radius 2 is 2.17 bits per heavy atom. The predicted molar refractivity (Wildman–Crippen MR) is 71.8 cm³/mol. The molecule has 0 aliphatic heterocycles. The molecule has 0 aromatic heterocycles. The molecule has 1 N–H and O–H groups in total. The van der Waals surface area contributed by atoms with Crippen LogP contribution in [0.2, 0.25) is 0 Å². The molecule has 98 valence electrons. The fourth-order valence-electron chi connectivity index (χ4n) is 1.93. The number of benzene rings is 1. The van der Waals surface area contributed by atoms with Crippen molar-refractivity contribution in [2.24, 2.45) is 0 Å². The summed E-state index contributed by atoms with van der Waals surface area (Å²) in [5, 5.41) is 2.99. The average molecular weight is 247 g/mol.